The molecule has 0 N–H and O–H groups in total. The standard InChI is InChI=1S/C11H21NO/c1-3-5-6-7-8-10-11(12-13)9-4-2/h3,11H,1,4-10H2,2H3. The van der Waals surface area contributed by atoms with Gasteiger partial charge in [-0.05, 0) is 25.7 Å². The summed E-state index contributed by atoms with van der Waals surface area (Å²) in [5.74, 6) is 0. The molecule has 0 aliphatic heterocycles. The van der Waals surface area contributed by atoms with Crippen LogP contribution in [0.15, 0.2) is 17.8 Å². The van der Waals surface area contributed by atoms with Crippen molar-refractivity contribution < 1.29 is 0 Å². The molecular formula is C11H21NO. The Balaban J connectivity index is 3.27. The molecule has 0 saturated carbocycles. The number of nitroso groups, excluding NO2 is 1. The van der Waals surface area contributed by atoms with E-state index >= 15 is 0 Å². The van der Waals surface area contributed by atoms with Gasteiger partial charge in [0.05, 0.1) is 6.04 Å². The van der Waals surface area contributed by atoms with Gasteiger partial charge in [-0.15, -0.1) is 6.58 Å². The van der Waals surface area contributed by atoms with E-state index in [1.807, 2.05) is 6.08 Å². The zero-order valence-electron chi connectivity index (χ0n) is 8.67. The molecule has 2 nitrogen and oxygen atoms in total. The molecule has 0 aromatic rings. The van der Waals surface area contributed by atoms with E-state index in [1.54, 1.807) is 0 Å². The quantitative estimate of drug-likeness (QED) is 0.301. The molecule has 0 aliphatic carbocycles. The lowest BCUT2D eigenvalue weighted by molar-refractivity contribution is 0.519. The van der Waals surface area contributed by atoms with Crippen molar-refractivity contribution in [1.82, 2.24) is 0 Å². The Morgan fingerprint density at radius 1 is 1.31 bits per heavy atom. The maximum atomic E-state index is 10.3. The van der Waals surface area contributed by atoms with Crippen molar-refractivity contribution in [1.29, 1.82) is 0 Å². The summed E-state index contributed by atoms with van der Waals surface area (Å²) in [4.78, 5) is 10.3. The molecule has 0 aliphatic rings. The third kappa shape index (κ3) is 7.69. The van der Waals surface area contributed by atoms with Crippen LogP contribution in [0.25, 0.3) is 0 Å². The van der Waals surface area contributed by atoms with Gasteiger partial charge in [-0.3, -0.25) is 0 Å². The number of hydrogen-bond acceptors (Lipinski definition) is 2. The van der Waals surface area contributed by atoms with Crippen LogP contribution in [0.4, 0.5) is 0 Å². The van der Waals surface area contributed by atoms with Crippen LogP contribution in [0.1, 0.15) is 51.9 Å². The molecule has 0 heterocycles. The molecule has 0 saturated heterocycles. The lowest BCUT2D eigenvalue weighted by Gasteiger charge is -2.06. The van der Waals surface area contributed by atoms with Gasteiger partial charge >= 0.3 is 0 Å². The molecule has 13 heavy (non-hydrogen) atoms. The van der Waals surface area contributed by atoms with E-state index in [4.69, 9.17) is 0 Å². The summed E-state index contributed by atoms with van der Waals surface area (Å²) in [6.45, 7) is 5.76. The molecule has 1 atom stereocenters. The van der Waals surface area contributed by atoms with Crippen LogP contribution >= 0.6 is 0 Å². The van der Waals surface area contributed by atoms with Crippen molar-refractivity contribution in [3.63, 3.8) is 0 Å². The van der Waals surface area contributed by atoms with Crippen LogP contribution in [0, 0.1) is 4.91 Å². The Kier molecular flexibility index (Phi) is 8.95. The number of rotatable bonds is 9. The minimum atomic E-state index is 0.0636. The van der Waals surface area contributed by atoms with Gasteiger partial charge < -0.3 is 0 Å². The van der Waals surface area contributed by atoms with Crippen molar-refractivity contribution in [3.05, 3.63) is 17.6 Å². The molecule has 76 valence electrons. The first-order valence-corrected chi connectivity index (χ1v) is 5.28. The van der Waals surface area contributed by atoms with Crippen LogP contribution in [0.5, 0.6) is 0 Å². The second kappa shape index (κ2) is 9.43. The Morgan fingerprint density at radius 3 is 2.62 bits per heavy atom. The summed E-state index contributed by atoms with van der Waals surface area (Å²) in [5.41, 5.74) is 0. The number of hydrogen-bond donors (Lipinski definition) is 0. The van der Waals surface area contributed by atoms with E-state index < -0.39 is 0 Å². The maximum absolute atomic E-state index is 10.3. The van der Waals surface area contributed by atoms with E-state index in [-0.39, 0.29) is 6.04 Å². The molecule has 0 fully saturated rings. The van der Waals surface area contributed by atoms with Crippen molar-refractivity contribution >= 4 is 0 Å². The van der Waals surface area contributed by atoms with Gasteiger partial charge in [0, 0.05) is 0 Å². The number of nitrogens with zero attached hydrogens (tertiary/aromatic N) is 1. The predicted octanol–water partition coefficient (Wildman–Crippen LogP) is 4.06. The Bertz CT molecular complexity index is 134. The van der Waals surface area contributed by atoms with Crippen molar-refractivity contribution in [2.75, 3.05) is 0 Å². The van der Waals surface area contributed by atoms with Crippen molar-refractivity contribution in [2.24, 2.45) is 5.18 Å². The second-order valence-electron chi connectivity index (χ2n) is 3.47. The smallest absolute Gasteiger partial charge is 0.0919 e. The molecule has 0 aromatic carbocycles. The Hall–Kier alpha value is -0.660. The van der Waals surface area contributed by atoms with Gasteiger partial charge in [-0.25, -0.2) is 0 Å². The fourth-order valence-corrected chi connectivity index (χ4v) is 1.43. The first-order chi connectivity index (χ1) is 6.35. The van der Waals surface area contributed by atoms with Crippen molar-refractivity contribution in [3.8, 4) is 0 Å². The molecule has 1 unspecified atom stereocenters. The fraction of sp³-hybridized carbons (Fsp3) is 0.818. The van der Waals surface area contributed by atoms with E-state index in [0.717, 1.165) is 32.1 Å². The zero-order chi connectivity index (χ0) is 9.94. The first-order valence-electron chi connectivity index (χ1n) is 5.28. The van der Waals surface area contributed by atoms with E-state index in [0.29, 0.717) is 0 Å². The summed E-state index contributed by atoms with van der Waals surface area (Å²) in [6.07, 6.45) is 9.53. The Morgan fingerprint density at radius 2 is 2.08 bits per heavy atom. The second-order valence-corrected chi connectivity index (χ2v) is 3.47. The number of unbranched alkanes of at least 4 members (excludes halogenated alkanes) is 3. The lowest BCUT2D eigenvalue weighted by Crippen LogP contribution is -2.02. The molecule has 0 spiro atoms. The summed E-state index contributed by atoms with van der Waals surface area (Å²) in [6, 6.07) is 0.0636. The van der Waals surface area contributed by atoms with Gasteiger partial charge in [0.25, 0.3) is 0 Å². The van der Waals surface area contributed by atoms with Crippen LogP contribution < -0.4 is 0 Å². The third-order valence-corrected chi connectivity index (χ3v) is 2.22. The predicted molar refractivity (Wildman–Crippen MR) is 57.8 cm³/mol. The molecule has 0 rings (SSSR count). The average molecular weight is 183 g/mol. The minimum absolute atomic E-state index is 0.0636. The largest absolute Gasteiger partial charge is 0.151 e. The van der Waals surface area contributed by atoms with Crippen LogP contribution in [-0.2, 0) is 0 Å². The minimum Gasteiger partial charge on any atom is -0.151 e. The monoisotopic (exact) mass is 183 g/mol. The van der Waals surface area contributed by atoms with E-state index in [9.17, 15) is 4.91 Å². The highest BCUT2D eigenvalue weighted by atomic mass is 16.3. The van der Waals surface area contributed by atoms with Gasteiger partial charge in [0.1, 0.15) is 0 Å². The van der Waals surface area contributed by atoms with Gasteiger partial charge in [-0.2, -0.15) is 4.91 Å². The van der Waals surface area contributed by atoms with Gasteiger partial charge in [-0.1, -0.05) is 37.4 Å². The lowest BCUT2D eigenvalue weighted by atomic mass is 10.0. The Labute approximate surface area is 81.4 Å². The topological polar surface area (TPSA) is 29.4 Å². The van der Waals surface area contributed by atoms with E-state index in [1.165, 1.54) is 12.8 Å². The van der Waals surface area contributed by atoms with Crippen LogP contribution in [0.2, 0.25) is 0 Å². The van der Waals surface area contributed by atoms with Gasteiger partial charge in [0.2, 0.25) is 0 Å². The van der Waals surface area contributed by atoms with Gasteiger partial charge in [0.15, 0.2) is 0 Å². The molecule has 2 heteroatoms. The summed E-state index contributed by atoms with van der Waals surface area (Å²) in [5, 5.41) is 3.13. The average Bonchev–Trinajstić information content (AvgIpc) is 2.16. The third-order valence-electron chi connectivity index (χ3n) is 2.22. The van der Waals surface area contributed by atoms with Crippen LogP contribution in [-0.4, -0.2) is 6.04 Å². The molecule has 0 amide bonds. The summed E-state index contributed by atoms with van der Waals surface area (Å²) in [7, 11) is 0. The zero-order valence-corrected chi connectivity index (χ0v) is 8.67. The summed E-state index contributed by atoms with van der Waals surface area (Å²) < 4.78 is 0. The van der Waals surface area contributed by atoms with Crippen LogP contribution in [0.3, 0.4) is 0 Å². The number of allylic oxidation sites excluding steroid dienone is 1. The van der Waals surface area contributed by atoms with Crippen molar-refractivity contribution in [2.45, 2.75) is 57.9 Å². The first kappa shape index (κ1) is 12.3. The summed E-state index contributed by atoms with van der Waals surface area (Å²) >= 11 is 0. The highest BCUT2D eigenvalue weighted by molar-refractivity contribution is 4.67. The molecule has 0 aromatic heterocycles. The highest BCUT2D eigenvalue weighted by Crippen LogP contribution is 2.12. The normalized spacial score (nSPS) is 12.4. The highest BCUT2D eigenvalue weighted by Gasteiger charge is 2.05. The van der Waals surface area contributed by atoms with E-state index in [2.05, 4.69) is 18.7 Å². The SMILES string of the molecule is C=CCCCCCC(CCC)N=O. The molecule has 0 radical (unpaired) electrons. The maximum Gasteiger partial charge on any atom is 0.0919 e. The molecular weight excluding hydrogens is 162 g/mol. The fourth-order valence-electron chi connectivity index (χ4n) is 1.43. The molecule has 0 bridgehead atoms.